The van der Waals surface area contributed by atoms with Gasteiger partial charge in [-0.25, -0.2) is 4.79 Å². The number of hydrogen-bond donors (Lipinski definition) is 3. The van der Waals surface area contributed by atoms with Crippen LogP contribution in [0.3, 0.4) is 0 Å². The van der Waals surface area contributed by atoms with Gasteiger partial charge in [-0.2, -0.15) is 10.1 Å². The lowest BCUT2D eigenvalue weighted by Gasteiger charge is -2.03. The standard InChI is InChI=1S/C11H14N6O4/c1-7-14-9(21-16-7)2-3-12-11(20)15-8-4-13-17(5-8)6-10(18)19/h4-5H,2-3,6H2,1H3,(H,18,19)(H2,12,15,20). The second-order valence-electron chi connectivity index (χ2n) is 4.19. The molecule has 2 heterocycles. The number of hydrogen-bond acceptors (Lipinski definition) is 6. The van der Waals surface area contributed by atoms with Crippen molar-refractivity contribution in [2.75, 3.05) is 11.9 Å². The Kier molecular flexibility index (Phi) is 4.49. The molecule has 0 saturated carbocycles. The summed E-state index contributed by atoms with van der Waals surface area (Å²) >= 11 is 0. The fourth-order valence-electron chi connectivity index (χ4n) is 1.55. The maximum atomic E-state index is 11.6. The molecule has 10 heteroatoms. The Morgan fingerprint density at radius 3 is 2.95 bits per heavy atom. The normalized spacial score (nSPS) is 10.3. The van der Waals surface area contributed by atoms with Crippen LogP contribution in [0.25, 0.3) is 0 Å². The molecule has 2 amide bonds. The number of aliphatic carboxylic acids is 1. The third-order valence-corrected chi connectivity index (χ3v) is 2.38. The molecule has 0 aromatic carbocycles. The van der Waals surface area contributed by atoms with Crippen LogP contribution < -0.4 is 10.6 Å². The van der Waals surface area contributed by atoms with E-state index in [0.29, 0.717) is 30.4 Å². The lowest BCUT2D eigenvalue weighted by Crippen LogP contribution is -2.30. The number of carbonyl (C=O) groups is 2. The van der Waals surface area contributed by atoms with E-state index in [1.165, 1.54) is 17.1 Å². The topological polar surface area (TPSA) is 135 Å². The molecule has 21 heavy (non-hydrogen) atoms. The van der Waals surface area contributed by atoms with Gasteiger partial charge in [0.1, 0.15) is 6.54 Å². The molecule has 0 aliphatic rings. The van der Waals surface area contributed by atoms with Gasteiger partial charge in [-0.3, -0.25) is 9.48 Å². The minimum Gasteiger partial charge on any atom is -0.480 e. The van der Waals surface area contributed by atoms with E-state index in [1.54, 1.807) is 6.92 Å². The first-order valence-corrected chi connectivity index (χ1v) is 6.11. The summed E-state index contributed by atoms with van der Waals surface area (Å²) in [5.74, 6) is -0.0219. The minimum absolute atomic E-state index is 0.264. The Labute approximate surface area is 119 Å². The van der Waals surface area contributed by atoms with Crippen molar-refractivity contribution in [1.82, 2.24) is 25.2 Å². The van der Waals surface area contributed by atoms with E-state index < -0.39 is 12.0 Å². The van der Waals surface area contributed by atoms with Crippen LogP contribution >= 0.6 is 0 Å². The average Bonchev–Trinajstić information content (AvgIpc) is 2.98. The highest BCUT2D eigenvalue weighted by Crippen LogP contribution is 2.04. The molecule has 2 aromatic rings. The van der Waals surface area contributed by atoms with Gasteiger partial charge in [-0.1, -0.05) is 5.16 Å². The smallest absolute Gasteiger partial charge is 0.325 e. The highest BCUT2D eigenvalue weighted by Gasteiger charge is 2.07. The SMILES string of the molecule is Cc1noc(CCNC(=O)Nc2cnn(CC(=O)O)c2)n1. The van der Waals surface area contributed by atoms with Crippen molar-refractivity contribution in [3.63, 3.8) is 0 Å². The molecule has 112 valence electrons. The summed E-state index contributed by atoms with van der Waals surface area (Å²) < 4.78 is 6.11. The second-order valence-corrected chi connectivity index (χ2v) is 4.19. The lowest BCUT2D eigenvalue weighted by molar-refractivity contribution is -0.137. The van der Waals surface area contributed by atoms with Crippen LogP contribution in [-0.4, -0.2) is 43.6 Å². The van der Waals surface area contributed by atoms with Crippen molar-refractivity contribution in [3.05, 3.63) is 24.1 Å². The third kappa shape index (κ3) is 4.60. The van der Waals surface area contributed by atoms with Crippen LogP contribution in [0.5, 0.6) is 0 Å². The van der Waals surface area contributed by atoms with Crippen LogP contribution in [0, 0.1) is 6.92 Å². The van der Waals surface area contributed by atoms with Gasteiger partial charge in [0.2, 0.25) is 5.89 Å². The van der Waals surface area contributed by atoms with Gasteiger partial charge in [0, 0.05) is 19.2 Å². The number of carboxylic acid groups (broad SMARTS) is 1. The van der Waals surface area contributed by atoms with Crippen LogP contribution in [0.15, 0.2) is 16.9 Å². The van der Waals surface area contributed by atoms with Crippen molar-refractivity contribution in [2.45, 2.75) is 19.9 Å². The quantitative estimate of drug-likeness (QED) is 0.683. The number of nitrogens with zero attached hydrogens (tertiary/aromatic N) is 4. The van der Waals surface area contributed by atoms with E-state index in [4.69, 9.17) is 9.63 Å². The highest BCUT2D eigenvalue weighted by atomic mass is 16.5. The predicted molar refractivity (Wildman–Crippen MR) is 69.6 cm³/mol. The molecule has 0 aliphatic heterocycles. The van der Waals surface area contributed by atoms with Gasteiger partial charge >= 0.3 is 12.0 Å². The summed E-state index contributed by atoms with van der Waals surface area (Å²) in [5.41, 5.74) is 0.405. The molecule has 0 bridgehead atoms. The Morgan fingerprint density at radius 1 is 1.48 bits per heavy atom. The van der Waals surface area contributed by atoms with Gasteiger partial charge in [0.05, 0.1) is 11.9 Å². The molecule has 0 aliphatic carbocycles. The highest BCUT2D eigenvalue weighted by molar-refractivity contribution is 5.88. The van der Waals surface area contributed by atoms with E-state index in [1.807, 2.05) is 0 Å². The van der Waals surface area contributed by atoms with Crippen molar-refractivity contribution < 1.29 is 19.2 Å². The fraction of sp³-hybridized carbons (Fsp3) is 0.364. The number of carboxylic acids is 1. The van der Waals surface area contributed by atoms with Crippen molar-refractivity contribution >= 4 is 17.7 Å². The maximum absolute atomic E-state index is 11.6. The Hall–Kier alpha value is -2.91. The summed E-state index contributed by atoms with van der Waals surface area (Å²) in [7, 11) is 0. The van der Waals surface area contributed by atoms with E-state index >= 15 is 0 Å². The Bertz CT molecular complexity index is 634. The molecular formula is C11H14N6O4. The lowest BCUT2D eigenvalue weighted by atomic mass is 10.4. The summed E-state index contributed by atoms with van der Waals surface area (Å²) in [4.78, 5) is 26.1. The number of carbonyl (C=O) groups excluding carboxylic acids is 1. The van der Waals surface area contributed by atoms with Gasteiger partial charge in [-0.05, 0) is 6.92 Å². The first kappa shape index (κ1) is 14.5. The van der Waals surface area contributed by atoms with E-state index in [-0.39, 0.29) is 6.54 Å². The Balaban J connectivity index is 1.74. The minimum atomic E-state index is -1.01. The fourth-order valence-corrected chi connectivity index (χ4v) is 1.55. The maximum Gasteiger partial charge on any atom is 0.325 e. The molecule has 0 atom stereocenters. The van der Waals surface area contributed by atoms with Gasteiger partial charge in [0.25, 0.3) is 0 Å². The zero-order chi connectivity index (χ0) is 15.2. The van der Waals surface area contributed by atoms with Crippen molar-refractivity contribution in [2.24, 2.45) is 0 Å². The van der Waals surface area contributed by atoms with E-state index in [2.05, 4.69) is 25.9 Å². The van der Waals surface area contributed by atoms with E-state index in [9.17, 15) is 9.59 Å². The number of rotatable bonds is 6. The van der Waals surface area contributed by atoms with Gasteiger partial charge in [0.15, 0.2) is 5.82 Å². The molecule has 3 N–H and O–H groups in total. The number of anilines is 1. The average molecular weight is 294 g/mol. The number of urea groups is 1. The largest absolute Gasteiger partial charge is 0.480 e. The van der Waals surface area contributed by atoms with Crippen LogP contribution in [-0.2, 0) is 17.8 Å². The number of nitrogens with one attached hydrogen (secondary N) is 2. The summed E-state index contributed by atoms with van der Waals surface area (Å²) in [6.07, 6.45) is 3.21. The van der Waals surface area contributed by atoms with Crippen LogP contribution in [0.2, 0.25) is 0 Å². The monoisotopic (exact) mass is 294 g/mol. The first-order chi connectivity index (χ1) is 10.0. The number of amides is 2. The molecule has 0 spiro atoms. The summed E-state index contributed by atoms with van der Waals surface area (Å²) in [6.45, 7) is 1.78. The van der Waals surface area contributed by atoms with Crippen molar-refractivity contribution in [3.8, 4) is 0 Å². The zero-order valence-corrected chi connectivity index (χ0v) is 11.2. The van der Waals surface area contributed by atoms with E-state index in [0.717, 1.165) is 0 Å². The van der Waals surface area contributed by atoms with Gasteiger partial charge < -0.3 is 20.3 Å². The van der Waals surface area contributed by atoms with Crippen molar-refractivity contribution in [1.29, 1.82) is 0 Å². The number of aromatic nitrogens is 4. The molecule has 0 radical (unpaired) electrons. The molecular weight excluding hydrogens is 280 g/mol. The molecule has 0 unspecified atom stereocenters. The second kappa shape index (κ2) is 6.50. The predicted octanol–water partition coefficient (Wildman–Crippen LogP) is 0.0233. The molecule has 10 nitrogen and oxygen atoms in total. The van der Waals surface area contributed by atoms with Crippen LogP contribution in [0.1, 0.15) is 11.7 Å². The Morgan fingerprint density at radius 2 is 2.29 bits per heavy atom. The van der Waals surface area contributed by atoms with Gasteiger partial charge in [-0.15, -0.1) is 0 Å². The molecule has 2 rings (SSSR count). The molecule has 0 saturated heterocycles. The summed E-state index contributed by atoms with van der Waals surface area (Å²) in [6, 6.07) is -0.430. The summed E-state index contributed by atoms with van der Waals surface area (Å²) in [5, 5.41) is 21.2. The number of aryl methyl sites for hydroxylation is 1. The van der Waals surface area contributed by atoms with Crippen LogP contribution in [0.4, 0.5) is 10.5 Å². The molecule has 2 aromatic heterocycles. The first-order valence-electron chi connectivity index (χ1n) is 6.11. The zero-order valence-electron chi connectivity index (χ0n) is 11.2. The third-order valence-electron chi connectivity index (χ3n) is 2.38. The molecule has 0 fully saturated rings.